The van der Waals surface area contributed by atoms with Gasteiger partial charge in [-0.05, 0) is 49.7 Å². The standard InChI is InChI=1S/C15H16N2O2/c1-10-8-12(5-7-14(10)19-3)15(18)17-13-6-4-11(2)16-9-13/h4-9H,1-3H3,(H,17,18). The molecule has 19 heavy (non-hydrogen) atoms. The highest BCUT2D eigenvalue weighted by Gasteiger charge is 2.08. The Morgan fingerprint density at radius 3 is 2.58 bits per heavy atom. The van der Waals surface area contributed by atoms with Gasteiger partial charge in [0.1, 0.15) is 5.75 Å². The number of methoxy groups -OCH3 is 1. The fourth-order valence-corrected chi connectivity index (χ4v) is 1.76. The number of pyridine rings is 1. The van der Waals surface area contributed by atoms with Gasteiger partial charge in [0.05, 0.1) is 19.0 Å². The molecule has 0 saturated heterocycles. The minimum atomic E-state index is -0.156. The highest BCUT2D eigenvalue weighted by molar-refractivity contribution is 6.04. The maximum absolute atomic E-state index is 12.1. The van der Waals surface area contributed by atoms with Gasteiger partial charge in [0.2, 0.25) is 0 Å². The predicted octanol–water partition coefficient (Wildman–Crippen LogP) is 2.96. The Morgan fingerprint density at radius 1 is 1.21 bits per heavy atom. The van der Waals surface area contributed by atoms with Crippen molar-refractivity contribution in [2.75, 3.05) is 12.4 Å². The molecule has 1 amide bonds. The van der Waals surface area contributed by atoms with E-state index in [1.807, 2.05) is 26.0 Å². The van der Waals surface area contributed by atoms with Gasteiger partial charge in [-0.25, -0.2) is 0 Å². The van der Waals surface area contributed by atoms with E-state index in [2.05, 4.69) is 10.3 Å². The molecule has 4 nitrogen and oxygen atoms in total. The van der Waals surface area contributed by atoms with E-state index in [0.717, 1.165) is 17.0 Å². The van der Waals surface area contributed by atoms with Crippen molar-refractivity contribution in [3.05, 3.63) is 53.3 Å². The summed E-state index contributed by atoms with van der Waals surface area (Å²) < 4.78 is 5.17. The second-order valence-electron chi connectivity index (χ2n) is 4.33. The van der Waals surface area contributed by atoms with Gasteiger partial charge in [-0.1, -0.05) is 0 Å². The number of rotatable bonds is 3. The number of aryl methyl sites for hydroxylation is 2. The van der Waals surface area contributed by atoms with Crippen LogP contribution in [0.1, 0.15) is 21.6 Å². The first-order valence-electron chi connectivity index (χ1n) is 5.99. The normalized spacial score (nSPS) is 10.1. The Morgan fingerprint density at radius 2 is 2.00 bits per heavy atom. The molecule has 0 aliphatic heterocycles. The SMILES string of the molecule is COc1ccc(C(=O)Nc2ccc(C)nc2)cc1C. The summed E-state index contributed by atoms with van der Waals surface area (Å²) in [6, 6.07) is 9.02. The molecule has 1 N–H and O–H groups in total. The summed E-state index contributed by atoms with van der Waals surface area (Å²) >= 11 is 0. The van der Waals surface area contributed by atoms with Crippen LogP contribution in [0, 0.1) is 13.8 Å². The van der Waals surface area contributed by atoms with Crippen LogP contribution in [0.25, 0.3) is 0 Å². The molecule has 98 valence electrons. The zero-order valence-electron chi connectivity index (χ0n) is 11.2. The zero-order valence-corrected chi connectivity index (χ0v) is 11.2. The molecule has 0 atom stereocenters. The first-order chi connectivity index (χ1) is 9.10. The Kier molecular flexibility index (Phi) is 3.80. The van der Waals surface area contributed by atoms with Gasteiger partial charge < -0.3 is 10.1 Å². The monoisotopic (exact) mass is 256 g/mol. The molecular weight excluding hydrogens is 240 g/mol. The molecule has 0 unspecified atom stereocenters. The number of anilines is 1. The van der Waals surface area contributed by atoms with Gasteiger partial charge >= 0.3 is 0 Å². The highest BCUT2D eigenvalue weighted by Crippen LogP contribution is 2.19. The van der Waals surface area contributed by atoms with Crippen LogP contribution >= 0.6 is 0 Å². The largest absolute Gasteiger partial charge is 0.496 e. The molecule has 0 spiro atoms. The fourth-order valence-electron chi connectivity index (χ4n) is 1.76. The second-order valence-corrected chi connectivity index (χ2v) is 4.33. The molecule has 0 fully saturated rings. The lowest BCUT2D eigenvalue weighted by Crippen LogP contribution is -2.12. The molecule has 0 radical (unpaired) electrons. The molecule has 1 aromatic carbocycles. The van der Waals surface area contributed by atoms with Gasteiger partial charge in [-0.3, -0.25) is 9.78 Å². The van der Waals surface area contributed by atoms with Crippen LogP contribution in [0.15, 0.2) is 36.5 Å². The summed E-state index contributed by atoms with van der Waals surface area (Å²) in [7, 11) is 1.61. The Labute approximate surface area is 112 Å². The lowest BCUT2D eigenvalue weighted by Gasteiger charge is -2.08. The number of carbonyl (C=O) groups excluding carboxylic acids is 1. The van der Waals surface area contributed by atoms with Crippen LogP contribution < -0.4 is 10.1 Å². The van der Waals surface area contributed by atoms with Crippen molar-refractivity contribution >= 4 is 11.6 Å². The number of hydrogen-bond acceptors (Lipinski definition) is 3. The van der Waals surface area contributed by atoms with Crippen LogP contribution in [0.5, 0.6) is 5.75 Å². The zero-order chi connectivity index (χ0) is 13.8. The highest BCUT2D eigenvalue weighted by atomic mass is 16.5. The predicted molar refractivity (Wildman–Crippen MR) is 74.7 cm³/mol. The van der Waals surface area contributed by atoms with E-state index in [-0.39, 0.29) is 5.91 Å². The van der Waals surface area contributed by atoms with Crippen molar-refractivity contribution in [2.45, 2.75) is 13.8 Å². The molecule has 2 rings (SSSR count). The van der Waals surface area contributed by atoms with Crippen molar-refractivity contribution in [1.29, 1.82) is 0 Å². The summed E-state index contributed by atoms with van der Waals surface area (Å²) in [5, 5.41) is 2.81. The van der Waals surface area contributed by atoms with Gasteiger partial charge in [-0.2, -0.15) is 0 Å². The molecule has 2 aromatic rings. The summed E-state index contributed by atoms with van der Waals surface area (Å²) in [5.74, 6) is 0.616. The number of nitrogens with zero attached hydrogens (tertiary/aromatic N) is 1. The topological polar surface area (TPSA) is 51.2 Å². The van der Waals surface area contributed by atoms with Gasteiger partial charge in [-0.15, -0.1) is 0 Å². The van der Waals surface area contributed by atoms with Gasteiger partial charge in [0.15, 0.2) is 0 Å². The van der Waals surface area contributed by atoms with Crippen molar-refractivity contribution < 1.29 is 9.53 Å². The summed E-state index contributed by atoms with van der Waals surface area (Å²) in [4.78, 5) is 16.2. The number of carbonyl (C=O) groups is 1. The van der Waals surface area contributed by atoms with Crippen molar-refractivity contribution in [1.82, 2.24) is 4.98 Å². The number of ether oxygens (including phenoxy) is 1. The minimum Gasteiger partial charge on any atom is -0.496 e. The smallest absolute Gasteiger partial charge is 0.255 e. The van der Waals surface area contributed by atoms with Crippen molar-refractivity contribution in [2.24, 2.45) is 0 Å². The molecule has 4 heteroatoms. The van der Waals surface area contributed by atoms with Crippen LogP contribution in [0.4, 0.5) is 5.69 Å². The summed E-state index contributed by atoms with van der Waals surface area (Å²) in [5.41, 5.74) is 3.12. The quantitative estimate of drug-likeness (QED) is 0.918. The van der Waals surface area contributed by atoms with E-state index >= 15 is 0 Å². The number of amides is 1. The average molecular weight is 256 g/mol. The van der Waals surface area contributed by atoms with E-state index in [9.17, 15) is 4.79 Å². The van der Waals surface area contributed by atoms with Gasteiger partial charge in [0, 0.05) is 11.3 Å². The minimum absolute atomic E-state index is 0.156. The number of aromatic nitrogens is 1. The van der Waals surface area contributed by atoms with E-state index in [0.29, 0.717) is 11.3 Å². The first kappa shape index (κ1) is 13.1. The van der Waals surface area contributed by atoms with Crippen LogP contribution in [0.2, 0.25) is 0 Å². The van der Waals surface area contributed by atoms with E-state index in [1.165, 1.54) is 0 Å². The number of benzene rings is 1. The molecule has 0 aliphatic rings. The summed E-state index contributed by atoms with van der Waals surface area (Å²) in [6.45, 7) is 3.81. The first-order valence-corrected chi connectivity index (χ1v) is 5.99. The third-order valence-corrected chi connectivity index (χ3v) is 2.83. The molecular formula is C15H16N2O2. The van der Waals surface area contributed by atoms with Crippen LogP contribution in [-0.2, 0) is 0 Å². The number of nitrogens with one attached hydrogen (secondary N) is 1. The molecule has 1 aromatic heterocycles. The fraction of sp³-hybridized carbons (Fsp3) is 0.200. The maximum atomic E-state index is 12.1. The van der Waals surface area contributed by atoms with E-state index < -0.39 is 0 Å². The third-order valence-electron chi connectivity index (χ3n) is 2.83. The Hall–Kier alpha value is -2.36. The molecule has 1 heterocycles. The molecule has 0 bridgehead atoms. The van der Waals surface area contributed by atoms with Crippen molar-refractivity contribution in [3.63, 3.8) is 0 Å². The second kappa shape index (κ2) is 5.52. The van der Waals surface area contributed by atoms with Crippen molar-refractivity contribution in [3.8, 4) is 5.75 Å². The van der Waals surface area contributed by atoms with Gasteiger partial charge in [0.25, 0.3) is 5.91 Å². The molecule has 0 aliphatic carbocycles. The van der Waals surface area contributed by atoms with E-state index in [4.69, 9.17) is 4.74 Å². The summed E-state index contributed by atoms with van der Waals surface area (Å²) in [6.07, 6.45) is 1.64. The Balaban J connectivity index is 2.16. The lowest BCUT2D eigenvalue weighted by molar-refractivity contribution is 0.102. The Bertz CT molecular complexity index is 592. The lowest BCUT2D eigenvalue weighted by atomic mass is 10.1. The molecule has 0 saturated carbocycles. The van der Waals surface area contributed by atoms with Crippen LogP contribution in [-0.4, -0.2) is 18.0 Å². The van der Waals surface area contributed by atoms with Crippen LogP contribution in [0.3, 0.4) is 0 Å². The number of hydrogen-bond donors (Lipinski definition) is 1. The average Bonchev–Trinajstić information content (AvgIpc) is 2.41. The third kappa shape index (κ3) is 3.10. The maximum Gasteiger partial charge on any atom is 0.255 e. The van der Waals surface area contributed by atoms with E-state index in [1.54, 1.807) is 31.5 Å².